The normalized spacial score (nSPS) is 12.4. The number of pyridine rings is 1. The fourth-order valence-corrected chi connectivity index (χ4v) is 3.51. The van der Waals surface area contributed by atoms with Crippen LogP contribution in [0.5, 0.6) is 5.75 Å². The number of carbonyl (C=O) groups excluding carboxylic acids is 1. The number of sulfonamides is 1. The lowest BCUT2D eigenvalue weighted by molar-refractivity contribution is 0.0980. The Bertz CT molecular complexity index is 884. The SMILES string of the molecule is CCOCc1ccc(C(=O)NS(=O)(=O)CC(O)c2ccccc2OCC)cn1. The summed E-state index contributed by atoms with van der Waals surface area (Å²) in [7, 11) is -4.09. The number of aliphatic hydroxyl groups is 1. The average molecular weight is 408 g/mol. The number of benzene rings is 1. The number of carbonyl (C=O) groups is 1. The Morgan fingerprint density at radius 3 is 2.57 bits per heavy atom. The first-order chi connectivity index (χ1) is 13.4. The predicted octanol–water partition coefficient (Wildman–Crippen LogP) is 1.81. The zero-order valence-corrected chi connectivity index (χ0v) is 16.6. The minimum Gasteiger partial charge on any atom is -0.493 e. The van der Waals surface area contributed by atoms with Gasteiger partial charge in [-0.2, -0.15) is 0 Å². The molecule has 1 heterocycles. The number of rotatable bonds is 10. The minimum atomic E-state index is -4.09. The maximum Gasteiger partial charge on any atom is 0.266 e. The van der Waals surface area contributed by atoms with E-state index in [0.717, 1.165) is 0 Å². The Balaban J connectivity index is 2.04. The first-order valence-corrected chi connectivity index (χ1v) is 10.5. The molecule has 28 heavy (non-hydrogen) atoms. The summed E-state index contributed by atoms with van der Waals surface area (Å²) in [6, 6.07) is 9.66. The summed E-state index contributed by atoms with van der Waals surface area (Å²) >= 11 is 0. The number of ether oxygens (including phenoxy) is 2. The zero-order valence-electron chi connectivity index (χ0n) is 15.8. The van der Waals surface area contributed by atoms with Crippen LogP contribution in [0, 0.1) is 0 Å². The van der Waals surface area contributed by atoms with Gasteiger partial charge in [-0.15, -0.1) is 0 Å². The summed E-state index contributed by atoms with van der Waals surface area (Å²) in [5.41, 5.74) is 1.06. The van der Waals surface area contributed by atoms with Crippen molar-refractivity contribution < 1.29 is 27.8 Å². The minimum absolute atomic E-state index is 0.0908. The number of aromatic nitrogens is 1. The molecular weight excluding hydrogens is 384 g/mol. The van der Waals surface area contributed by atoms with E-state index in [-0.39, 0.29) is 5.56 Å². The molecule has 1 aromatic heterocycles. The molecule has 9 heteroatoms. The maximum atomic E-state index is 12.3. The van der Waals surface area contributed by atoms with E-state index in [4.69, 9.17) is 9.47 Å². The van der Waals surface area contributed by atoms with Gasteiger partial charge in [0.25, 0.3) is 5.91 Å². The Kier molecular flexibility index (Phi) is 7.91. The molecule has 2 rings (SSSR count). The van der Waals surface area contributed by atoms with Crippen molar-refractivity contribution in [2.45, 2.75) is 26.6 Å². The van der Waals surface area contributed by atoms with E-state index < -0.39 is 27.8 Å². The molecule has 0 saturated heterocycles. The van der Waals surface area contributed by atoms with Gasteiger partial charge in [-0.25, -0.2) is 13.1 Å². The van der Waals surface area contributed by atoms with Crippen LogP contribution < -0.4 is 9.46 Å². The van der Waals surface area contributed by atoms with Gasteiger partial charge in [0.15, 0.2) is 0 Å². The number of hydrogen-bond acceptors (Lipinski definition) is 7. The third kappa shape index (κ3) is 6.29. The molecule has 1 atom stereocenters. The van der Waals surface area contributed by atoms with E-state index in [1.165, 1.54) is 12.3 Å². The Morgan fingerprint density at radius 1 is 1.18 bits per heavy atom. The van der Waals surface area contributed by atoms with E-state index in [2.05, 4.69) is 4.98 Å². The van der Waals surface area contributed by atoms with Gasteiger partial charge < -0.3 is 14.6 Å². The molecule has 152 valence electrons. The first-order valence-electron chi connectivity index (χ1n) is 8.83. The third-order valence-electron chi connectivity index (χ3n) is 3.74. The fourth-order valence-electron chi connectivity index (χ4n) is 2.43. The molecule has 1 unspecified atom stereocenters. The van der Waals surface area contributed by atoms with Crippen LogP contribution in [0.25, 0.3) is 0 Å². The number of nitrogens with zero attached hydrogens (tertiary/aromatic N) is 1. The van der Waals surface area contributed by atoms with Gasteiger partial charge in [0.1, 0.15) is 5.75 Å². The molecule has 1 amide bonds. The molecule has 0 spiro atoms. The molecular formula is C19H24N2O6S. The molecule has 2 aromatic rings. The second-order valence-corrected chi connectivity index (χ2v) is 7.64. The van der Waals surface area contributed by atoms with Crippen molar-refractivity contribution in [3.63, 3.8) is 0 Å². The Labute approximate surface area is 164 Å². The van der Waals surface area contributed by atoms with Gasteiger partial charge >= 0.3 is 0 Å². The molecule has 0 aliphatic carbocycles. The molecule has 0 saturated carbocycles. The highest BCUT2D eigenvalue weighted by Gasteiger charge is 2.23. The van der Waals surface area contributed by atoms with Crippen molar-refractivity contribution in [1.29, 1.82) is 0 Å². The molecule has 0 fully saturated rings. The Hall–Kier alpha value is -2.49. The van der Waals surface area contributed by atoms with Crippen LogP contribution in [0.3, 0.4) is 0 Å². The predicted molar refractivity (Wildman–Crippen MR) is 103 cm³/mol. The molecule has 1 aromatic carbocycles. The lowest BCUT2D eigenvalue weighted by atomic mass is 10.1. The smallest absolute Gasteiger partial charge is 0.266 e. The highest BCUT2D eigenvalue weighted by atomic mass is 32.2. The molecule has 2 N–H and O–H groups in total. The quantitative estimate of drug-likeness (QED) is 0.616. The second kappa shape index (κ2) is 10.2. The molecule has 0 radical (unpaired) electrons. The van der Waals surface area contributed by atoms with Gasteiger partial charge in [-0.3, -0.25) is 9.78 Å². The molecule has 8 nitrogen and oxygen atoms in total. The summed E-state index contributed by atoms with van der Waals surface area (Å²) in [5, 5.41) is 10.3. The maximum absolute atomic E-state index is 12.3. The summed E-state index contributed by atoms with van der Waals surface area (Å²) in [6.45, 7) is 4.86. The van der Waals surface area contributed by atoms with Crippen LogP contribution in [-0.4, -0.2) is 43.4 Å². The largest absolute Gasteiger partial charge is 0.493 e. The van der Waals surface area contributed by atoms with Gasteiger partial charge in [0, 0.05) is 18.4 Å². The standard InChI is InChI=1S/C19H24N2O6S/c1-3-26-12-15-10-9-14(11-20-15)19(23)21-28(24,25)13-17(22)16-7-5-6-8-18(16)27-4-2/h5-11,17,22H,3-4,12-13H2,1-2H3,(H,21,23). The van der Waals surface area contributed by atoms with Gasteiger partial charge in [0.2, 0.25) is 10.0 Å². The zero-order chi connectivity index (χ0) is 20.6. The van der Waals surface area contributed by atoms with Crippen LogP contribution >= 0.6 is 0 Å². The molecule has 0 aliphatic heterocycles. The van der Waals surface area contributed by atoms with E-state index in [0.29, 0.717) is 36.8 Å². The van der Waals surface area contributed by atoms with Gasteiger partial charge in [-0.05, 0) is 32.0 Å². The average Bonchev–Trinajstić information content (AvgIpc) is 2.66. The number of nitrogens with one attached hydrogen (secondary N) is 1. The fraction of sp³-hybridized carbons (Fsp3) is 0.368. The van der Waals surface area contributed by atoms with Crippen molar-refractivity contribution in [3.8, 4) is 5.75 Å². The van der Waals surface area contributed by atoms with Crippen molar-refractivity contribution in [3.05, 3.63) is 59.4 Å². The lowest BCUT2D eigenvalue weighted by Crippen LogP contribution is -2.34. The monoisotopic (exact) mass is 408 g/mol. The molecule has 0 aliphatic rings. The van der Waals surface area contributed by atoms with E-state index in [1.54, 1.807) is 37.3 Å². The molecule has 0 bridgehead atoms. The van der Waals surface area contributed by atoms with Crippen LogP contribution in [0.1, 0.15) is 41.6 Å². The van der Waals surface area contributed by atoms with Crippen LogP contribution in [-0.2, 0) is 21.4 Å². The van der Waals surface area contributed by atoms with Crippen molar-refractivity contribution in [1.82, 2.24) is 9.71 Å². The Morgan fingerprint density at radius 2 is 1.93 bits per heavy atom. The third-order valence-corrected chi connectivity index (χ3v) is 5.00. The van der Waals surface area contributed by atoms with Gasteiger partial charge in [0.05, 0.1) is 36.3 Å². The summed E-state index contributed by atoms with van der Waals surface area (Å²) in [5.74, 6) is -1.10. The van der Waals surface area contributed by atoms with Crippen molar-refractivity contribution in [2.75, 3.05) is 19.0 Å². The number of para-hydroxylation sites is 1. The van der Waals surface area contributed by atoms with Crippen molar-refractivity contribution >= 4 is 15.9 Å². The van der Waals surface area contributed by atoms with Crippen LogP contribution in [0.4, 0.5) is 0 Å². The number of amides is 1. The second-order valence-electron chi connectivity index (χ2n) is 5.87. The lowest BCUT2D eigenvalue weighted by Gasteiger charge is -2.16. The summed E-state index contributed by atoms with van der Waals surface area (Å²) in [4.78, 5) is 16.3. The van der Waals surface area contributed by atoms with E-state index >= 15 is 0 Å². The van der Waals surface area contributed by atoms with E-state index in [1.807, 2.05) is 11.6 Å². The van der Waals surface area contributed by atoms with Crippen LogP contribution in [0.15, 0.2) is 42.6 Å². The highest BCUT2D eigenvalue weighted by molar-refractivity contribution is 7.90. The first kappa shape index (κ1) is 21.8. The summed E-state index contributed by atoms with van der Waals surface area (Å²) in [6.07, 6.45) is -0.0697. The summed E-state index contributed by atoms with van der Waals surface area (Å²) < 4.78 is 37.2. The number of aliphatic hydroxyl groups excluding tert-OH is 1. The highest BCUT2D eigenvalue weighted by Crippen LogP contribution is 2.26. The van der Waals surface area contributed by atoms with Crippen LogP contribution in [0.2, 0.25) is 0 Å². The van der Waals surface area contributed by atoms with Gasteiger partial charge in [-0.1, -0.05) is 18.2 Å². The van der Waals surface area contributed by atoms with Crippen molar-refractivity contribution in [2.24, 2.45) is 0 Å². The topological polar surface area (TPSA) is 115 Å². The number of hydrogen-bond donors (Lipinski definition) is 2. The van der Waals surface area contributed by atoms with E-state index in [9.17, 15) is 18.3 Å².